The number of carbonyl (C=O) groups is 1. The normalized spacial score (nSPS) is 20.4. The number of rotatable bonds is 6. The van der Waals surface area contributed by atoms with E-state index in [0.717, 1.165) is 16.7 Å². The Balaban J connectivity index is 1.54. The molecule has 2 heterocycles. The van der Waals surface area contributed by atoms with E-state index in [9.17, 15) is 9.90 Å². The van der Waals surface area contributed by atoms with E-state index in [1.807, 2.05) is 61.5 Å². The van der Waals surface area contributed by atoms with E-state index in [4.69, 9.17) is 9.15 Å². The fourth-order valence-corrected chi connectivity index (χ4v) is 4.27. The second kappa shape index (κ2) is 8.15. The van der Waals surface area contributed by atoms with Gasteiger partial charge in [-0.25, -0.2) is 4.79 Å². The Labute approximate surface area is 181 Å². The zero-order valence-corrected chi connectivity index (χ0v) is 18.0. The first-order valence-electron chi connectivity index (χ1n) is 10.4. The summed E-state index contributed by atoms with van der Waals surface area (Å²) in [6, 6.07) is 17.2. The van der Waals surface area contributed by atoms with E-state index in [1.54, 1.807) is 18.7 Å². The molecule has 0 aliphatic carbocycles. The van der Waals surface area contributed by atoms with E-state index < -0.39 is 11.2 Å². The molecule has 4 rings (SSSR count). The number of carbonyl (C=O) groups excluding carboxylic acids is 1. The minimum atomic E-state index is -0.978. The van der Waals surface area contributed by atoms with Gasteiger partial charge in [-0.3, -0.25) is 0 Å². The number of amides is 1. The lowest BCUT2D eigenvalue weighted by Gasteiger charge is -2.45. The van der Waals surface area contributed by atoms with Crippen LogP contribution >= 0.6 is 0 Å². The molecular formula is C24H27N3O4. The van der Waals surface area contributed by atoms with Crippen molar-refractivity contribution >= 4 is 6.09 Å². The molecule has 1 unspecified atom stereocenters. The molecule has 31 heavy (non-hydrogen) atoms. The van der Waals surface area contributed by atoms with Crippen molar-refractivity contribution in [3.63, 3.8) is 0 Å². The summed E-state index contributed by atoms with van der Waals surface area (Å²) in [4.78, 5) is 14.9. The lowest BCUT2D eigenvalue weighted by atomic mass is 9.80. The Morgan fingerprint density at radius 1 is 1.16 bits per heavy atom. The molecule has 2 atom stereocenters. The third kappa shape index (κ3) is 4.46. The lowest BCUT2D eigenvalue weighted by molar-refractivity contribution is -0.101. The number of aliphatic hydroxyl groups is 1. The average molecular weight is 421 g/mol. The third-order valence-corrected chi connectivity index (χ3v) is 5.76. The van der Waals surface area contributed by atoms with Crippen molar-refractivity contribution in [2.45, 2.75) is 50.9 Å². The number of cyclic esters (lactones) is 1. The number of benzene rings is 2. The molecule has 0 bridgehead atoms. The van der Waals surface area contributed by atoms with Crippen LogP contribution in [0.5, 0.6) is 0 Å². The Morgan fingerprint density at radius 2 is 1.87 bits per heavy atom. The first kappa shape index (κ1) is 21.1. The van der Waals surface area contributed by atoms with E-state index in [-0.39, 0.29) is 12.1 Å². The minimum absolute atomic E-state index is 0.167. The first-order chi connectivity index (χ1) is 14.8. The van der Waals surface area contributed by atoms with Crippen LogP contribution in [0.15, 0.2) is 65.4 Å². The number of nitrogens with zero attached hydrogens (tertiary/aromatic N) is 3. The molecule has 162 valence electrons. The van der Waals surface area contributed by atoms with Gasteiger partial charge in [0.05, 0.1) is 11.6 Å². The van der Waals surface area contributed by atoms with Crippen LogP contribution in [0.1, 0.15) is 50.8 Å². The molecule has 3 aromatic rings. The fourth-order valence-electron chi connectivity index (χ4n) is 4.27. The number of hydrogen-bond donors (Lipinski definition) is 1. The monoisotopic (exact) mass is 421 g/mol. The van der Waals surface area contributed by atoms with E-state index in [2.05, 4.69) is 10.2 Å². The van der Waals surface area contributed by atoms with Crippen molar-refractivity contribution in [3.05, 3.63) is 72.1 Å². The molecule has 1 aliphatic rings. The van der Waals surface area contributed by atoms with Crippen molar-refractivity contribution < 1.29 is 19.1 Å². The van der Waals surface area contributed by atoms with Gasteiger partial charge in [0, 0.05) is 24.9 Å². The average Bonchev–Trinajstić information content (AvgIpc) is 3.28. The van der Waals surface area contributed by atoms with Crippen molar-refractivity contribution in [2.75, 3.05) is 6.54 Å². The molecule has 1 fully saturated rings. The fraction of sp³-hybridized carbons (Fsp3) is 0.375. The van der Waals surface area contributed by atoms with Crippen molar-refractivity contribution in [2.24, 2.45) is 0 Å². The largest absolute Gasteiger partial charge is 0.438 e. The summed E-state index contributed by atoms with van der Waals surface area (Å²) in [5.41, 5.74) is 0.878. The molecule has 7 heteroatoms. The molecular weight excluding hydrogens is 394 g/mol. The maximum atomic E-state index is 13.1. The Morgan fingerprint density at radius 3 is 2.45 bits per heavy atom. The first-order valence-corrected chi connectivity index (χ1v) is 10.4. The van der Waals surface area contributed by atoms with Gasteiger partial charge < -0.3 is 19.2 Å². The van der Waals surface area contributed by atoms with Gasteiger partial charge in [0.15, 0.2) is 0 Å². The van der Waals surface area contributed by atoms with Crippen LogP contribution in [0.4, 0.5) is 4.79 Å². The minimum Gasteiger partial charge on any atom is -0.438 e. The zero-order valence-electron chi connectivity index (χ0n) is 18.0. The highest BCUT2D eigenvalue weighted by Gasteiger charge is 2.46. The van der Waals surface area contributed by atoms with Gasteiger partial charge in [0.2, 0.25) is 12.3 Å². The van der Waals surface area contributed by atoms with E-state index in [0.29, 0.717) is 25.3 Å². The molecule has 1 saturated heterocycles. The van der Waals surface area contributed by atoms with Crippen LogP contribution in [0.25, 0.3) is 11.5 Å². The lowest BCUT2D eigenvalue weighted by Crippen LogP contribution is -2.51. The van der Waals surface area contributed by atoms with Crippen molar-refractivity contribution in [1.82, 2.24) is 15.1 Å². The van der Waals surface area contributed by atoms with Gasteiger partial charge in [-0.1, -0.05) is 42.5 Å². The van der Waals surface area contributed by atoms with Crippen LogP contribution in [0.3, 0.4) is 0 Å². The van der Waals surface area contributed by atoms with Crippen LogP contribution in [-0.4, -0.2) is 38.4 Å². The summed E-state index contributed by atoms with van der Waals surface area (Å²) in [7, 11) is 0. The number of hydrogen-bond acceptors (Lipinski definition) is 6. The molecule has 0 spiro atoms. The summed E-state index contributed by atoms with van der Waals surface area (Å²) in [6.45, 7) is 5.99. The molecule has 2 aromatic carbocycles. The highest BCUT2D eigenvalue weighted by atomic mass is 16.6. The van der Waals surface area contributed by atoms with E-state index >= 15 is 0 Å². The quantitative estimate of drug-likeness (QED) is 0.621. The number of aromatic nitrogens is 2. The van der Waals surface area contributed by atoms with Gasteiger partial charge in [-0.15, -0.1) is 10.2 Å². The molecule has 1 aliphatic heterocycles. The Kier molecular flexibility index (Phi) is 5.54. The maximum absolute atomic E-state index is 13.1. The van der Waals surface area contributed by atoms with Gasteiger partial charge >= 0.3 is 6.09 Å². The van der Waals surface area contributed by atoms with Crippen LogP contribution in [0.2, 0.25) is 0 Å². The molecule has 0 saturated carbocycles. The van der Waals surface area contributed by atoms with Gasteiger partial charge in [0.1, 0.15) is 5.60 Å². The zero-order chi connectivity index (χ0) is 22.1. The van der Waals surface area contributed by atoms with Crippen molar-refractivity contribution in [1.29, 1.82) is 0 Å². The highest BCUT2D eigenvalue weighted by Crippen LogP contribution is 2.42. The third-order valence-electron chi connectivity index (χ3n) is 5.76. The van der Waals surface area contributed by atoms with E-state index in [1.165, 1.54) is 6.39 Å². The SMILES string of the molecule is C[C@@H](c1ccc(-c2nnco2)cc1)N1CCC(CC(C)(C)O)(c2ccccc2)OC1=O. The standard InChI is InChI=1S/C24H27N3O4/c1-17(18-9-11-19(12-10-18)21-26-25-16-30-21)27-14-13-24(31-22(27)28,15-23(2,3)29)20-7-5-4-6-8-20/h4-12,16-17,29H,13-15H2,1-3H3/t17-,24?/m0/s1. The summed E-state index contributed by atoms with van der Waals surface area (Å²) >= 11 is 0. The van der Waals surface area contributed by atoms with Crippen LogP contribution in [-0.2, 0) is 10.3 Å². The second-order valence-electron chi connectivity index (χ2n) is 8.70. The predicted octanol–water partition coefficient (Wildman–Crippen LogP) is 4.70. The Hall–Kier alpha value is -3.19. The Bertz CT molecular complexity index is 1010. The molecule has 1 amide bonds. The van der Waals surface area contributed by atoms with Crippen LogP contribution < -0.4 is 0 Å². The van der Waals surface area contributed by atoms with Gasteiger partial charge in [0.25, 0.3) is 0 Å². The summed E-state index contributed by atoms with van der Waals surface area (Å²) in [6.07, 6.45) is 1.84. The summed E-state index contributed by atoms with van der Waals surface area (Å²) in [5.74, 6) is 0.454. The topological polar surface area (TPSA) is 88.7 Å². The highest BCUT2D eigenvalue weighted by molar-refractivity contribution is 5.70. The molecule has 7 nitrogen and oxygen atoms in total. The summed E-state index contributed by atoms with van der Waals surface area (Å²) in [5, 5.41) is 18.1. The molecule has 1 aromatic heterocycles. The van der Waals surface area contributed by atoms with Gasteiger partial charge in [-0.05, 0) is 44.0 Å². The van der Waals surface area contributed by atoms with Crippen molar-refractivity contribution in [3.8, 4) is 11.5 Å². The van der Waals surface area contributed by atoms with Gasteiger partial charge in [-0.2, -0.15) is 0 Å². The predicted molar refractivity (Wildman–Crippen MR) is 115 cm³/mol. The summed E-state index contributed by atoms with van der Waals surface area (Å²) < 4.78 is 11.3. The maximum Gasteiger partial charge on any atom is 0.411 e. The second-order valence-corrected chi connectivity index (χ2v) is 8.70. The molecule has 0 radical (unpaired) electrons. The molecule has 1 N–H and O–H groups in total. The van der Waals surface area contributed by atoms with Crippen LogP contribution in [0, 0.1) is 0 Å². The number of ether oxygens (including phenoxy) is 1. The smallest absolute Gasteiger partial charge is 0.411 e.